The topological polar surface area (TPSA) is 0 Å². The zero-order valence-electron chi connectivity index (χ0n) is 9.46. The van der Waals surface area contributed by atoms with Crippen molar-refractivity contribution in [1.82, 2.24) is 0 Å². The second-order valence-electron chi connectivity index (χ2n) is 2.60. The third kappa shape index (κ3) is 3.36. The Morgan fingerprint density at radius 3 is 2.07 bits per heavy atom. The van der Waals surface area contributed by atoms with E-state index in [1.807, 2.05) is 0 Å². The summed E-state index contributed by atoms with van der Waals surface area (Å²) in [6.45, 7) is 2.14. The van der Waals surface area contributed by atoms with E-state index in [-0.39, 0.29) is 44.0 Å². The molecule has 14 heavy (non-hydrogen) atoms. The number of hydrogen-bond donors (Lipinski definition) is 0. The molecule has 0 bridgehead atoms. The van der Waals surface area contributed by atoms with Crippen molar-refractivity contribution in [2.24, 2.45) is 0 Å². The maximum atomic E-state index is 2.16. The van der Waals surface area contributed by atoms with Gasteiger partial charge in [-0.3, -0.25) is 0 Å². The molecular weight excluding hydrogens is 204 g/mol. The van der Waals surface area contributed by atoms with Crippen molar-refractivity contribution in [1.29, 1.82) is 0 Å². The molecule has 0 N–H and O–H groups in total. The van der Waals surface area contributed by atoms with Crippen molar-refractivity contribution in [3.63, 3.8) is 0 Å². The Labute approximate surface area is 104 Å². The average molecular weight is 222 g/mol. The standard InChI is InChI=1S/C10H9.3CH3.Ti/c1-8-6-7-9-4-2-3-5-10(8)9;;;;/h2-7H,1H3;3*1H3;/q4*-1;+4. The first-order valence-electron chi connectivity index (χ1n) is 3.49. The fourth-order valence-corrected chi connectivity index (χ4v) is 1.31. The molecule has 0 saturated heterocycles. The quantitative estimate of drug-likeness (QED) is 0.462. The van der Waals surface area contributed by atoms with Crippen molar-refractivity contribution < 1.29 is 21.7 Å². The molecule has 0 unspecified atom stereocenters. The van der Waals surface area contributed by atoms with E-state index in [0.717, 1.165) is 0 Å². The predicted molar refractivity (Wildman–Crippen MR) is 63.5 cm³/mol. The SMILES string of the molecule is C[c-]1ccc2ccccc21.[CH3-].[CH3-].[CH3-].[Ti+4]. The number of fused-ring (bicyclic) bond motifs is 1. The largest absolute Gasteiger partial charge is 4.00 e. The first kappa shape index (κ1) is 19.2. The molecule has 0 aromatic heterocycles. The monoisotopic (exact) mass is 222 g/mol. The van der Waals surface area contributed by atoms with Crippen LogP contribution in [0.1, 0.15) is 5.56 Å². The van der Waals surface area contributed by atoms with E-state index < -0.39 is 0 Å². The van der Waals surface area contributed by atoms with E-state index in [1.54, 1.807) is 0 Å². The molecule has 0 nitrogen and oxygen atoms in total. The minimum Gasteiger partial charge on any atom is -0.358 e. The first-order valence-corrected chi connectivity index (χ1v) is 3.49. The van der Waals surface area contributed by atoms with E-state index in [0.29, 0.717) is 0 Å². The van der Waals surface area contributed by atoms with Crippen LogP contribution in [0.3, 0.4) is 0 Å². The predicted octanol–water partition coefficient (Wildman–Crippen LogP) is 4.22. The van der Waals surface area contributed by atoms with Gasteiger partial charge in [-0.1, -0.05) is 13.0 Å². The summed E-state index contributed by atoms with van der Waals surface area (Å²) in [5.74, 6) is 0. The molecule has 0 heterocycles. The average Bonchev–Trinajstić information content (AvgIpc) is 2.34. The van der Waals surface area contributed by atoms with Gasteiger partial charge in [-0.15, -0.1) is 34.5 Å². The number of benzene rings is 1. The van der Waals surface area contributed by atoms with Gasteiger partial charge in [0.25, 0.3) is 0 Å². The normalized spacial score (nSPS) is 7.50. The van der Waals surface area contributed by atoms with E-state index in [1.165, 1.54) is 16.3 Å². The van der Waals surface area contributed by atoms with Gasteiger partial charge in [-0.2, -0.15) is 12.1 Å². The Kier molecular flexibility index (Phi) is 10.8. The minimum atomic E-state index is 0. The molecule has 2 aromatic rings. The van der Waals surface area contributed by atoms with Crippen LogP contribution in [0.15, 0.2) is 36.4 Å². The van der Waals surface area contributed by atoms with Gasteiger partial charge in [0.1, 0.15) is 0 Å². The van der Waals surface area contributed by atoms with Gasteiger partial charge in [0.05, 0.1) is 0 Å². The number of aryl methyl sites for hydroxylation is 1. The van der Waals surface area contributed by atoms with Crippen molar-refractivity contribution in [3.05, 3.63) is 64.2 Å². The molecule has 0 radical (unpaired) electrons. The summed E-state index contributed by atoms with van der Waals surface area (Å²) < 4.78 is 0. The third-order valence-corrected chi connectivity index (χ3v) is 1.90. The second-order valence-corrected chi connectivity index (χ2v) is 2.60. The van der Waals surface area contributed by atoms with Crippen LogP contribution in [0, 0.1) is 29.2 Å². The van der Waals surface area contributed by atoms with Gasteiger partial charge >= 0.3 is 21.7 Å². The van der Waals surface area contributed by atoms with Crippen molar-refractivity contribution in [2.75, 3.05) is 0 Å². The minimum absolute atomic E-state index is 0. The zero-order valence-corrected chi connectivity index (χ0v) is 11.0. The van der Waals surface area contributed by atoms with E-state index in [2.05, 4.69) is 43.3 Å². The van der Waals surface area contributed by atoms with E-state index in [4.69, 9.17) is 0 Å². The van der Waals surface area contributed by atoms with Gasteiger partial charge in [0, 0.05) is 0 Å². The van der Waals surface area contributed by atoms with Crippen LogP contribution < -0.4 is 0 Å². The third-order valence-electron chi connectivity index (χ3n) is 1.90. The summed E-state index contributed by atoms with van der Waals surface area (Å²) in [5.41, 5.74) is 1.37. The van der Waals surface area contributed by atoms with Gasteiger partial charge in [-0.05, 0) is 0 Å². The van der Waals surface area contributed by atoms with Gasteiger partial charge in [-0.25, -0.2) is 0 Å². The Bertz CT molecular complexity index is 347. The molecule has 0 saturated carbocycles. The molecule has 1 heteroatoms. The fourth-order valence-electron chi connectivity index (χ4n) is 1.31. The Balaban J connectivity index is -0.000000302. The molecule has 0 atom stereocenters. The summed E-state index contributed by atoms with van der Waals surface area (Å²) in [7, 11) is 0. The molecule has 0 aliphatic carbocycles. The van der Waals surface area contributed by atoms with Crippen LogP contribution in [-0.2, 0) is 21.7 Å². The fraction of sp³-hybridized carbons (Fsp3) is 0.0769. The molecule has 2 aromatic carbocycles. The summed E-state index contributed by atoms with van der Waals surface area (Å²) in [5, 5.41) is 2.72. The number of hydrogen-bond acceptors (Lipinski definition) is 0. The summed E-state index contributed by atoms with van der Waals surface area (Å²) in [4.78, 5) is 0. The molecule has 0 aliphatic rings. The molecule has 0 spiro atoms. The summed E-state index contributed by atoms with van der Waals surface area (Å²) in [6, 6.07) is 12.8. The van der Waals surface area contributed by atoms with Gasteiger partial charge in [0.15, 0.2) is 0 Å². The Morgan fingerprint density at radius 2 is 1.50 bits per heavy atom. The van der Waals surface area contributed by atoms with Crippen molar-refractivity contribution in [3.8, 4) is 0 Å². The molecule has 74 valence electrons. The second kappa shape index (κ2) is 7.90. The molecular formula is C13H18Ti. The van der Waals surface area contributed by atoms with Gasteiger partial charge in [0.2, 0.25) is 0 Å². The van der Waals surface area contributed by atoms with Crippen LogP contribution in [0.25, 0.3) is 10.8 Å². The van der Waals surface area contributed by atoms with Crippen LogP contribution in [0.2, 0.25) is 0 Å². The molecule has 0 fully saturated rings. The van der Waals surface area contributed by atoms with Crippen molar-refractivity contribution in [2.45, 2.75) is 6.92 Å². The van der Waals surface area contributed by atoms with Crippen LogP contribution in [0.4, 0.5) is 0 Å². The summed E-state index contributed by atoms with van der Waals surface area (Å²) in [6.07, 6.45) is 0. The summed E-state index contributed by atoms with van der Waals surface area (Å²) >= 11 is 0. The van der Waals surface area contributed by atoms with E-state index in [9.17, 15) is 0 Å². The maximum Gasteiger partial charge on any atom is 4.00 e. The van der Waals surface area contributed by atoms with Crippen molar-refractivity contribution >= 4 is 10.8 Å². The maximum absolute atomic E-state index is 2.16. The van der Waals surface area contributed by atoms with Crippen LogP contribution in [-0.4, -0.2) is 0 Å². The zero-order chi connectivity index (χ0) is 6.97. The smallest absolute Gasteiger partial charge is 0.358 e. The Morgan fingerprint density at radius 1 is 0.929 bits per heavy atom. The van der Waals surface area contributed by atoms with Gasteiger partial charge < -0.3 is 22.3 Å². The van der Waals surface area contributed by atoms with Crippen LogP contribution in [0.5, 0.6) is 0 Å². The molecule has 2 rings (SSSR count). The molecule has 0 amide bonds. The first-order chi connectivity index (χ1) is 4.88. The number of rotatable bonds is 0. The van der Waals surface area contributed by atoms with E-state index >= 15 is 0 Å². The molecule has 0 aliphatic heterocycles. The Hall–Kier alpha value is -0.456. The van der Waals surface area contributed by atoms with Crippen LogP contribution >= 0.6 is 0 Å².